The Morgan fingerprint density at radius 3 is 2.78 bits per heavy atom. The number of piperazine rings is 1. The molecule has 1 saturated heterocycles. The smallest absolute Gasteiger partial charge is 0.228 e. The van der Waals surface area contributed by atoms with Crippen LogP contribution in [0.25, 0.3) is 10.9 Å². The molecular weight excluding hydrogens is 252 g/mol. The minimum Gasteiger partial charge on any atom is -0.383 e. The molecule has 6 nitrogen and oxygen atoms in total. The highest BCUT2D eigenvalue weighted by atomic mass is 35.5. The molecule has 0 aromatic carbocycles. The second-order valence-electron chi connectivity index (χ2n) is 4.04. The van der Waals surface area contributed by atoms with Crippen molar-refractivity contribution in [2.24, 2.45) is 0 Å². The lowest BCUT2D eigenvalue weighted by molar-refractivity contribution is 0.581. The number of aromatic nitrogens is 3. The summed E-state index contributed by atoms with van der Waals surface area (Å²) in [6.45, 7) is 3.72. The Labute approximate surface area is 111 Å². The number of nitrogen functional groups attached to an aromatic ring is 1. The van der Waals surface area contributed by atoms with E-state index >= 15 is 0 Å². The van der Waals surface area contributed by atoms with E-state index in [1.165, 1.54) is 0 Å². The molecule has 96 valence electrons. The third kappa shape index (κ3) is 2.30. The van der Waals surface area contributed by atoms with Crippen molar-refractivity contribution in [1.82, 2.24) is 20.3 Å². The normalized spacial score (nSPS) is 15.4. The summed E-state index contributed by atoms with van der Waals surface area (Å²) in [6, 6.07) is 1.84. The predicted octanol–water partition coefficient (Wildman–Crippen LogP) is 0.438. The van der Waals surface area contributed by atoms with Crippen LogP contribution in [-0.4, -0.2) is 41.1 Å². The van der Waals surface area contributed by atoms with Crippen LogP contribution in [0, 0.1) is 0 Å². The first-order valence-electron chi connectivity index (χ1n) is 5.67. The highest BCUT2D eigenvalue weighted by Gasteiger charge is 2.14. The lowest BCUT2D eigenvalue weighted by atomic mass is 10.3. The van der Waals surface area contributed by atoms with Crippen LogP contribution in [0.1, 0.15) is 0 Å². The number of nitrogens with zero attached hydrogens (tertiary/aromatic N) is 4. The van der Waals surface area contributed by atoms with Crippen LogP contribution < -0.4 is 16.0 Å². The van der Waals surface area contributed by atoms with E-state index in [1.54, 1.807) is 12.4 Å². The van der Waals surface area contributed by atoms with Crippen molar-refractivity contribution in [3.63, 3.8) is 0 Å². The number of halogens is 1. The van der Waals surface area contributed by atoms with E-state index in [9.17, 15) is 0 Å². The number of nitrogens with two attached hydrogens (primary N) is 1. The minimum atomic E-state index is 0. The summed E-state index contributed by atoms with van der Waals surface area (Å²) in [5, 5.41) is 4.16. The number of nitrogens with one attached hydrogen (secondary N) is 1. The predicted molar refractivity (Wildman–Crippen MR) is 74.1 cm³/mol. The van der Waals surface area contributed by atoms with E-state index in [2.05, 4.69) is 25.2 Å². The van der Waals surface area contributed by atoms with Crippen molar-refractivity contribution in [3.05, 3.63) is 18.5 Å². The van der Waals surface area contributed by atoms with Crippen molar-refractivity contribution in [1.29, 1.82) is 0 Å². The average Bonchev–Trinajstić information content (AvgIpc) is 2.40. The molecule has 1 aliphatic heterocycles. The van der Waals surface area contributed by atoms with E-state index in [0.717, 1.165) is 37.1 Å². The summed E-state index contributed by atoms with van der Waals surface area (Å²) in [5.41, 5.74) is 6.74. The number of pyridine rings is 1. The van der Waals surface area contributed by atoms with Crippen LogP contribution in [0.4, 0.5) is 11.8 Å². The van der Waals surface area contributed by atoms with Crippen LogP contribution in [0.3, 0.4) is 0 Å². The maximum Gasteiger partial charge on any atom is 0.228 e. The molecule has 0 saturated carbocycles. The highest BCUT2D eigenvalue weighted by Crippen LogP contribution is 2.20. The zero-order chi connectivity index (χ0) is 11.7. The molecule has 0 atom stereocenters. The molecule has 0 unspecified atom stereocenters. The van der Waals surface area contributed by atoms with Crippen LogP contribution in [0.15, 0.2) is 18.5 Å². The summed E-state index contributed by atoms with van der Waals surface area (Å²) < 4.78 is 0. The van der Waals surface area contributed by atoms with E-state index in [1.807, 2.05) is 6.07 Å². The second kappa shape index (κ2) is 5.32. The molecule has 1 fully saturated rings. The molecule has 0 bridgehead atoms. The quantitative estimate of drug-likeness (QED) is 0.780. The van der Waals surface area contributed by atoms with Crippen molar-refractivity contribution >= 4 is 35.1 Å². The number of rotatable bonds is 1. The molecule has 1 aliphatic rings. The number of hydrogen-bond donors (Lipinski definition) is 2. The number of fused-ring (bicyclic) bond motifs is 1. The van der Waals surface area contributed by atoms with Gasteiger partial charge in [-0.05, 0) is 6.07 Å². The van der Waals surface area contributed by atoms with Gasteiger partial charge in [-0.2, -0.15) is 4.98 Å². The lowest BCUT2D eigenvalue weighted by Gasteiger charge is -2.27. The van der Waals surface area contributed by atoms with Gasteiger partial charge < -0.3 is 16.0 Å². The monoisotopic (exact) mass is 266 g/mol. The molecule has 18 heavy (non-hydrogen) atoms. The third-order valence-electron chi connectivity index (χ3n) is 2.92. The number of hydrogen-bond acceptors (Lipinski definition) is 6. The fourth-order valence-corrected chi connectivity index (χ4v) is 2.00. The molecule has 0 aliphatic carbocycles. The van der Waals surface area contributed by atoms with Gasteiger partial charge in [0.15, 0.2) is 0 Å². The standard InChI is InChI=1S/C11H14N6.ClH/c12-10-8-1-2-14-7-9(8)15-11(16-10)17-5-3-13-4-6-17;/h1-2,7,13H,3-6H2,(H2,12,15,16);1H. The summed E-state index contributed by atoms with van der Waals surface area (Å²) in [4.78, 5) is 15.1. The van der Waals surface area contributed by atoms with Crippen molar-refractivity contribution in [2.45, 2.75) is 0 Å². The van der Waals surface area contributed by atoms with Gasteiger partial charge in [0.2, 0.25) is 5.95 Å². The van der Waals surface area contributed by atoms with Crippen molar-refractivity contribution in [3.8, 4) is 0 Å². The molecule has 0 amide bonds. The Morgan fingerprint density at radius 2 is 2.00 bits per heavy atom. The fourth-order valence-electron chi connectivity index (χ4n) is 2.00. The highest BCUT2D eigenvalue weighted by molar-refractivity contribution is 5.88. The lowest BCUT2D eigenvalue weighted by Crippen LogP contribution is -2.44. The molecular formula is C11H15ClN6. The third-order valence-corrected chi connectivity index (χ3v) is 2.92. The molecule has 3 N–H and O–H groups in total. The van der Waals surface area contributed by atoms with Crippen LogP contribution >= 0.6 is 12.4 Å². The van der Waals surface area contributed by atoms with Gasteiger partial charge in [0.05, 0.1) is 11.7 Å². The van der Waals surface area contributed by atoms with Gasteiger partial charge in [-0.25, -0.2) is 4.98 Å². The minimum absolute atomic E-state index is 0. The molecule has 7 heteroatoms. The van der Waals surface area contributed by atoms with Crippen LogP contribution in [0.2, 0.25) is 0 Å². The molecule has 3 heterocycles. The van der Waals surface area contributed by atoms with E-state index in [-0.39, 0.29) is 12.4 Å². The first-order chi connectivity index (χ1) is 8.34. The maximum atomic E-state index is 5.94. The Bertz CT molecular complexity index is 540. The first-order valence-corrected chi connectivity index (χ1v) is 5.67. The van der Waals surface area contributed by atoms with Crippen molar-refractivity contribution in [2.75, 3.05) is 36.8 Å². The van der Waals surface area contributed by atoms with E-state index in [4.69, 9.17) is 5.73 Å². The second-order valence-corrected chi connectivity index (χ2v) is 4.04. The van der Waals surface area contributed by atoms with E-state index in [0.29, 0.717) is 11.8 Å². The van der Waals surface area contributed by atoms with Crippen LogP contribution in [0.5, 0.6) is 0 Å². The molecule has 0 spiro atoms. The summed E-state index contributed by atoms with van der Waals surface area (Å²) in [7, 11) is 0. The average molecular weight is 267 g/mol. The SMILES string of the molecule is Cl.Nc1nc(N2CCNCC2)nc2cnccc12. The molecule has 2 aromatic heterocycles. The zero-order valence-electron chi connectivity index (χ0n) is 9.83. The Hall–Kier alpha value is -1.66. The van der Waals surface area contributed by atoms with Gasteiger partial charge in [0.25, 0.3) is 0 Å². The van der Waals surface area contributed by atoms with Gasteiger partial charge in [0, 0.05) is 37.8 Å². The van der Waals surface area contributed by atoms with Crippen LogP contribution in [-0.2, 0) is 0 Å². The number of anilines is 2. The Balaban J connectivity index is 0.00000120. The maximum absolute atomic E-state index is 5.94. The topological polar surface area (TPSA) is 80.0 Å². The van der Waals surface area contributed by atoms with Gasteiger partial charge >= 0.3 is 0 Å². The zero-order valence-corrected chi connectivity index (χ0v) is 10.7. The Kier molecular flexibility index (Phi) is 3.78. The Morgan fingerprint density at radius 1 is 1.22 bits per heavy atom. The fraction of sp³-hybridized carbons (Fsp3) is 0.364. The summed E-state index contributed by atoms with van der Waals surface area (Å²) >= 11 is 0. The van der Waals surface area contributed by atoms with Crippen molar-refractivity contribution < 1.29 is 0 Å². The summed E-state index contributed by atoms with van der Waals surface area (Å²) in [6.07, 6.45) is 3.42. The largest absolute Gasteiger partial charge is 0.383 e. The molecule has 2 aromatic rings. The van der Waals surface area contributed by atoms with Gasteiger partial charge in [-0.3, -0.25) is 4.98 Å². The van der Waals surface area contributed by atoms with E-state index < -0.39 is 0 Å². The summed E-state index contributed by atoms with van der Waals surface area (Å²) in [5.74, 6) is 1.22. The van der Waals surface area contributed by atoms with Gasteiger partial charge in [0.1, 0.15) is 5.82 Å². The molecule has 0 radical (unpaired) electrons. The molecule has 3 rings (SSSR count). The van der Waals surface area contributed by atoms with Gasteiger partial charge in [-0.15, -0.1) is 12.4 Å². The first kappa shape index (κ1) is 12.8. The van der Waals surface area contributed by atoms with Gasteiger partial charge in [-0.1, -0.05) is 0 Å².